The second-order valence-corrected chi connectivity index (χ2v) is 10.5. The number of hydrogen-bond donors (Lipinski definition) is 2. The van der Waals surface area contributed by atoms with Gasteiger partial charge in [0, 0.05) is 23.9 Å². The van der Waals surface area contributed by atoms with E-state index in [-0.39, 0.29) is 12.1 Å². The van der Waals surface area contributed by atoms with Crippen molar-refractivity contribution in [1.82, 2.24) is 25.4 Å². The number of carbonyl (C=O) groups is 2. The maximum atomic E-state index is 12.4. The standard InChI is InChI=1S/C31H39N7O2/c1-3-5-7-9-15-37-28(20-32-30(37)39)34-24-13-11-22-17-23-12-14-25(19-27(23)36-26(22)18-24)35-29-21-33-31(40)38(29)16-10-8-6-4-2/h11-14,17-19H,3-10,15-16,20-21H2,1-2H3,(H,32,39)(H,33,40). The van der Waals surface area contributed by atoms with Gasteiger partial charge in [0.2, 0.25) is 0 Å². The number of nitrogens with one attached hydrogen (secondary N) is 2. The normalized spacial score (nSPS) is 17.6. The Hall–Kier alpha value is -4.01. The van der Waals surface area contributed by atoms with Crippen LogP contribution in [0.15, 0.2) is 52.4 Å². The lowest BCUT2D eigenvalue weighted by Gasteiger charge is -2.15. The zero-order valence-electron chi connectivity index (χ0n) is 23.6. The first kappa shape index (κ1) is 27.6. The van der Waals surface area contributed by atoms with Crippen LogP contribution in [0, 0.1) is 0 Å². The number of rotatable bonds is 12. The molecule has 2 aromatic carbocycles. The van der Waals surface area contributed by atoms with Gasteiger partial charge in [-0.15, -0.1) is 0 Å². The van der Waals surface area contributed by atoms with Gasteiger partial charge in [-0.25, -0.2) is 24.6 Å². The zero-order valence-corrected chi connectivity index (χ0v) is 23.6. The molecule has 2 fully saturated rings. The van der Waals surface area contributed by atoms with Gasteiger partial charge in [0.05, 0.1) is 35.5 Å². The van der Waals surface area contributed by atoms with Crippen LogP contribution in [-0.4, -0.2) is 64.7 Å². The molecular formula is C31H39N7O2. The number of nitrogens with zero attached hydrogens (tertiary/aromatic N) is 5. The van der Waals surface area contributed by atoms with Crippen molar-refractivity contribution < 1.29 is 9.59 Å². The highest BCUT2D eigenvalue weighted by molar-refractivity contribution is 6.07. The number of aromatic nitrogens is 1. The summed E-state index contributed by atoms with van der Waals surface area (Å²) in [4.78, 5) is 42.8. The zero-order chi connectivity index (χ0) is 27.9. The van der Waals surface area contributed by atoms with Crippen molar-refractivity contribution in [3.05, 3.63) is 42.5 Å². The first-order valence-electron chi connectivity index (χ1n) is 14.7. The number of hydrogen-bond acceptors (Lipinski definition) is 5. The summed E-state index contributed by atoms with van der Waals surface area (Å²) in [5.41, 5.74) is 3.22. The first-order chi connectivity index (χ1) is 19.6. The maximum absolute atomic E-state index is 12.4. The number of aliphatic imine (C=N–C) groups is 2. The summed E-state index contributed by atoms with van der Waals surface area (Å²) in [6.45, 7) is 6.60. The molecule has 0 saturated carbocycles. The number of unbranched alkanes of at least 4 members (excludes halogenated alkanes) is 6. The third-order valence-corrected chi connectivity index (χ3v) is 7.48. The molecule has 0 atom stereocenters. The van der Waals surface area contributed by atoms with E-state index in [4.69, 9.17) is 15.0 Å². The molecule has 3 aromatic rings. The molecular weight excluding hydrogens is 502 g/mol. The molecule has 1 aromatic heterocycles. The van der Waals surface area contributed by atoms with Crippen LogP contribution < -0.4 is 10.6 Å². The highest BCUT2D eigenvalue weighted by Gasteiger charge is 2.27. The second kappa shape index (κ2) is 12.9. The van der Waals surface area contributed by atoms with E-state index in [9.17, 15) is 9.59 Å². The smallest absolute Gasteiger partial charge is 0.323 e. The Kier molecular flexibility index (Phi) is 8.88. The van der Waals surface area contributed by atoms with Gasteiger partial charge in [0.15, 0.2) is 0 Å². The van der Waals surface area contributed by atoms with Crippen molar-refractivity contribution in [3.63, 3.8) is 0 Å². The van der Waals surface area contributed by atoms with E-state index in [1.54, 1.807) is 9.80 Å². The molecule has 2 N–H and O–H groups in total. The lowest BCUT2D eigenvalue weighted by molar-refractivity contribution is 0.226. The number of amides is 4. The van der Waals surface area contributed by atoms with Gasteiger partial charge in [0.25, 0.3) is 0 Å². The Morgan fingerprint density at radius 3 is 1.60 bits per heavy atom. The molecule has 2 aliphatic rings. The first-order valence-corrected chi connectivity index (χ1v) is 14.7. The summed E-state index contributed by atoms with van der Waals surface area (Å²) in [5, 5.41) is 7.85. The average Bonchev–Trinajstić information content (AvgIpc) is 3.48. The third kappa shape index (κ3) is 6.41. The molecule has 3 heterocycles. The van der Waals surface area contributed by atoms with Gasteiger partial charge in [-0.3, -0.25) is 9.80 Å². The number of pyridine rings is 1. The molecule has 0 spiro atoms. The van der Waals surface area contributed by atoms with E-state index in [2.05, 4.69) is 30.5 Å². The Labute approximate surface area is 235 Å². The van der Waals surface area contributed by atoms with Crippen LogP contribution in [0.5, 0.6) is 0 Å². The molecule has 0 bridgehead atoms. The lowest BCUT2D eigenvalue weighted by atomic mass is 10.1. The summed E-state index contributed by atoms with van der Waals surface area (Å²) in [6.07, 6.45) is 8.83. The van der Waals surface area contributed by atoms with E-state index >= 15 is 0 Å². The van der Waals surface area contributed by atoms with Gasteiger partial charge in [0.1, 0.15) is 11.7 Å². The van der Waals surface area contributed by atoms with Gasteiger partial charge in [-0.1, -0.05) is 64.5 Å². The van der Waals surface area contributed by atoms with Gasteiger partial charge in [-0.05, 0) is 43.2 Å². The van der Waals surface area contributed by atoms with Crippen molar-refractivity contribution in [2.45, 2.75) is 65.2 Å². The summed E-state index contributed by atoms with van der Waals surface area (Å²) in [5.74, 6) is 1.50. The second-order valence-electron chi connectivity index (χ2n) is 10.5. The molecule has 4 amide bonds. The molecule has 5 rings (SSSR count). The number of fused-ring (bicyclic) bond motifs is 2. The van der Waals surface area contributed by atoms with Crippen LogP contribution in [0.4, 0.5) is 21.0 Å². The Morgan fingerprint density at radius 1 is 0.675 bits per heavy atom. The Morgan fingerprint density at radius 2 is 1.15 bits per heavy atom. The van der Waals surface area contributed by atoms with E-state index in [0.29, 0.717) is 26.2 Å². The number of benzene rings is 2. The molecule has 0 unspecified atom stereocenters. The van der Waals surface area contributed by atoms with Crippen LogP contribution in [0.2, 0.25) is 0 Å². The summed E-state index contributed by atoms with van der Waals surface area (Å²) in [6, 6.07) is 13.9. The van der Waals surface area contributed by atoms with Crippen molar-refractivity contribution >= 4 is 56.9 Å². The summed E-state index contributed by atoms with van der Waals surface area (Å²) >= 11 is 0. The molecule has 2 aliphatic heterocycles. The van der Waals surface area contributed by atoms with Crippen molar-refractivity contribution in [3.8, 4) is 0 Å². The van der Waals surface area contributed by atoms with Gasteiger partial charge in [-0.2, -0.15) is 0 Å². The van der Waals surface area contributed by atoms with Crippen molar-refractivity contribution in [1.29, 1.82) is 0 Å². The minimum atomic E-state index is -0.0759. The van der Waals surface area contributed by atoms with E-state index in [1.165, 1.54) is 12.8 Å². The fourth-order valence-electron chi connectivity index (χ4n) is 5.22. The van der Waals surface area contributed by atoms with Gasteiger partial charge < -0.3 is 10.6 Å². The predicted molar refractivity (Wildman–Crippen MR) is 162 cm³/mol. The van der Waals surface area contributed by atoms with Crippen LogP contribution in [0.25, 0.3) is 21.8 Å². The molecule has 0 aliphatic carbocycles. The molecule has 2 saturated heterocycles. The van der Waals surface area contributed by atoms with Crippen molar-refractivity contribution in [2.24, 2.45) is 9.98 Å². The number of carbonyl (C=O) groups excluding carboxylic acids is 2. The third-order valence-electron chi connectivity index (χ3n) is 7.48. The molecule has 40 heavy (non-hydrogen) atoms. The summed E-state index contributed by atoms with van der Waals surface area (Å²) < 4.78 is 0. The van der Waals surface area contributed by atoms with E-state index < -0.39 is 0 Å². The minimum absolute atomic E-state index is 0.0759. The molecule has 9 heteroatoms. The predicted octanol–water partition coefficient (Wildman–Crippen LogP) is 6.66. The largest absolute Gasteiger partial charge is 0.330 e. The minimum Gasteiger partial charge on any atom is -0.330 e. The van der Waals surface area contributed by atoms with Crippen molar-refractivity contribution in [2.75, 3.05) is 26.2 Å². The highest BCUT2D eigenvalue weighted by Crippen LogP contribution is 2.27. The van der Waals surface area contributed by atoms with Crippen LogP contribution >= 0.6 is 0 Å². The molecule has 210 valence electrons. The fourth-order valence-corrected chi connectivity index (χ4v) is 5.22. The highest BCUT2D eigenvalue weighted by atomic mass is 16.2. The monoisotopic (exact) mass is 541 g/mol. The quantitative estimate of drug-likeness (QED) is 0.198. The SMILES string of the molecule is CCCCCCN1C(=O)NCC1=Nc1ccc2cc3ccc(N=C4CNC(=O)N4CCCCCC)cc3nc2c1. The fraction of sp³-hybridized carbons (Fsp3) is 0.452. The average molecular weight is 542 g/mol. The van der Waals surface area contributed by atoms with Gasteiger partial charge >= 0.3 is 12.1 Å². The summed E-state index contributed by atoms with van der Waals surface area (Å²) in [7, 11) is 0. The van der Waals surface area contributed by atoms with E-state index in [1.807, 2.05) is 36.4 Å². The molecule has 9 nitrogen and oxygen atoms in total. The van der Waals surface area contributed by atoms with Crippen LogP contribution in [-0.2, 0) is 0 Å². The number of urea groups is 2. The lowest BCUT2D eigenvalue weighted by Crippen LogP contribution is -2.31. The Bertz CT molecular complexity index is 1340. The molecule has 0 radical (unpaired) electrons. The number of amidine groups is 2. The van der Waals surface area contributed by atoms with Crippen LogP contribution in [0.1, 0.15) is 65.2 Å². The van der Waals surface area contributed by atoms with E-state index in [0.717, 1.165) is 83.4 Å². The van der Waals surface area contributed by atoms with Crippen LogP contribution in [0.3, 0.4) is 0 Å². The topological polar surface area (TPSA) is 102 Å². The Balaban J connectivity index is 1.37. The maximum Gasteiger partial charge on any atom is 0.323 e.